The van der Waals surface area contributed by atoms with E-state index in [1.807, 2.05) is 6.92 Å². The number of aliphatic hydroxyl groups excluding tert-OH is 1. The highest BCUT2D eigenvalue weighted by atomic mass is 19.1. The Balaban J connectivity index is 2.40. The van der Waals surface area contributed by atoms with Crippen LogP contribution >= 0.6 is 0 Å². The van der Waals surface area contributed by atoms with Crippen molar-refractivity contribution in [3.63, 3.8) is 0 Å². The summed E-state index contributed by atoms with van der Waals surface area (Å²) in [4.78, 5) is 10.7. The summed E-state index contributed by atoms with van der Waals surface area (Å²) in [5.74, 6) is -0.309. The molecule has 0 heterocycles. The zero-order chi connectivity index (χ0) is 15.1. The highest BCUT2D eigenvalue weighted by Gasteiger charge is 2.16. The molecule has 112 valence electrons. The molecule has 0 saturated carbocycles. The number of carbonyl (C=O) groups is 1. The minimum atomic E-state index is -0.685. The fourth-order valence-electron chi connectivity index (χ4n) is 1.93. The van der Waals surface area contributed by atoms with E-state index < -0.39 is 6.10 Å². The number of hydrogen-bond acceptors (Lipinski definition) is 3. The number of halogens is 1. The molecule has 0 radical (unpaired) electrons. The lowest BCUT2D eigenvalue weighted by molar-refractivity contribution is -0.118. The summed E-state index contributed by atoms with van der Waals surface area (Å²) in [5, 5.41) is 16.1. The van der Waals surface area contributed by atoms with Crippen LogP contribution in [0.5, 0.6) is 0 Å². The molecule has 0 spiro atoms. The lowest BCUT2D eigenvalue weighted by Crippen LogP contribution is -2.34. The quantitative estimate of drug-likeness (QED) is 0.667. The van der Waals surface area contributed by atoms with Gasteiger partial charge in [-0.1, -0.05) is 12.1 Å². The van der Waals surface area contributed by atoms with Gasteiger partial charge in [0.15, 0.2) is 0 Å². The molecule has 0 aliphatic heterocycles. The van der Waals surface area contributed by atoms with Gasteiger partial charge >= 0.3 is 0 Å². The van der Waals surface area contributed by atoms with E-state index in [0.29, 0.717) is 24.2 Å². The zero-order valence-electron chi connectivity index (χ0n) is 12.2. The Kier molecular flexibility index (Phi) is 6.61. The lowest BCUT2D eigenvalue weighted by Gasteiger charge is -2.21. The van der Waals surface area contributed by atoms with Crippen LogP contribution in [0.15, 0.2) is 18.2 Å². The molecule has 1 amide bonds. The average molecular weight is 282 g/mol. The van der Waals surface area contributed by atoms with Crippen molar-refractivity contribution in [3.05, 3.63) is 35.1 Å². The van der Waals surface area contributed by atoms with Crippen LogP contribution in [-0.4, -0.2) is 30.1 Å². The molecule has 20 heavy (non-hydrogen) atoms. The van der Waals surface area contributed by atoms with E-state index in [0.717, 1.165) is 6.42 Å². The van der Waals surface area contributed by atoms with Gasteiger partial charge in [0.05, 0.1) is 6.10 Å². The molecule has 0 aromatic heterocycles. The summed E-state index contributed by atoms with van der Waals surface area (Å²) in [6, 6.07) is 4.49. The van der Waals surface area contributed by atoms with Gasteiger partial charge in [0.25, 0.3) is 0 Å². The molecule has 0 fully saturated rings. The molecule has 4 nitrogen and oxygen atoms in total. The van der Waals surface area contributed by atoms with Crippen LogP contribution in [0.2, 0.25) is 0 Å². The van der Waals surface area contributed by atoms with Gasteiger partial charge in [-0.2, -0.15) is 0 Å². The van der Waals surface area contributed by atoms with Gasteiger partial charge in [-0.3, -0.25) is 4.79 Å². The first kappa shape index (κ1) is 16.6. The Hall–Kier alpha value is -1.46. The van der Waals surface area contributed by atoms with Crippen molar-refractivity contribution < 1.29 is 14.3 Å². The summed E-state index contributed by atoms with van der Waals surface area (Å²) in [7, 11) is 0. The Labute approximate surface area is 119 Å². The standard InChI is InChI=1S/C15H23FN2O2/c1-10-9-13(5-6-14(10)16)15(20)11(2)17-7-4-8-18-12(3)19/h5-6,9,11,15,17,20H,4,7-8H2,1-3H3,(H,18,19). The van der Waals surface area contributed by atoms with Gasteiger partial charge in [-0.05, 0) is 44.0 Å². The second-order valence-corrected chi connectivity index (χ2v) is 5.03. The summed E-state index contributed by atoms with van der Waals surface area (Å²) < 4.78 is 13.2. The lowest BCUT2D eigenvalue weighted by atomic mass is 10.0. The summed E-state index contributed by atoms with van der Waals surface area (Å²) >= 11 is 0. The van der Waals surface area contributed by atoms with Crippen molar-refractivity contribution in [1.82, 2.24) is 10.6 Å². The predicted molar refractivity (Wildman–Crippen MR) is 76.9 cm³/mol. The summed E-state index contributed by atoms with van der Waals surface area (Å²) in [6.45, 7) is 6.34. The third kappa shape index (κ3) is 5.27. The summed E-state index contributed by atoms with van der Waals surface area (Å²) in [5.41, 5.74) is 1.23. The number of rotatable bonds is 7. The molecule has 0 saturated heterocycles. The fourth-order valence-corrected chi connectivity index (χ4v) is 1.93. The second-order valence-electron chi connectivity index (χ2n) is 5.03. The van der Waals surface area contributed by atoms with E-state index in [2.05, 4.69) is 10.6 Å². The monoisotopic (exact) mass is 282 g/mol. The molecule has 1 aromatic rings. The van der Waals surface area contributed by atoms with Crippen LogP contribution in [-0.2, 0) is 4.79 Å². The first-order chi connectivity index (χ1) is 9.41. The van der Waals surface area contributed by atoms with E-state index >= 15 is 0 Å². The van der Waals surface area contributed by atoms with Gasteiger partial charge in [0.2, 0.25) is 5.91 Å². The molecular formula is C15H23FN2O2. The molecule has 1 aromatic carbocycles. The fraction of sp³-hybridized carbons (Fsp3) is 0.533. The van der Waals surface area contributed by atoms with E-state index in [1.165, 1.54) is 13.0 Å². The maximum Gasteiger partial charge on any atom is 0.216 e. The van der Waals surface area contributed by atoms with Gasteiger partial charge in [0, 0.05) is 19.5 Å². The predicted octanol–water partition coefficient (Wildman–Crippen LogP) is 1.67. The highest BCUT2D eigenvalue weighted by Crippen LogP contribution is 2.19. The van der Waals surface area contributed by atoms with Crippen LogP contribution in [0.3, 0.4) is 0 Å². The molecule has 2 unspecified atom stereocenters. The first-order valence-electron chi connectivity index (χ1n) is 6.83. The molecule has 5 heteroatoms. The Morgan fingerprint density at radius 1 is 1.40 bits per heavy atom. The maximum atomic E-state index is 13.2. The van der Waals surface area contributed by atoms with Crippen LogP contribution < -0.4 is 10.6 Å². The van der Waals surface area contributed by atoms with E-state index in [9.17, 15) is 14.3 Å². The number of amides is 1. The molecule has 3 N–H and O–H groups in total. The van der Waals surface area contributed by atoms with E-state index in [1.54, 1.807) is 19.1 Å². The van der Waals surface area contributed by atoms with Gasteiger partial charge in [-0.25, -0.2) is 4.39 Å². The van der Waals surface area contributed by atoms with E-state index in [-0.39, 0.29) is 17.8 Å². The van der Waals surface area contributed by atoms with Crippen LogP contribution in [0, 0.1) is 12.7 Å². The van der Waals surface area contributed by atoms with E-state index in [4.69, 9.17) is 0 Å². The number of aliphatic hydroxyl groups is 1. The topological polar surface area (TPSA) is 61.4 Å². The normalized spacial score (nSPS) is 13.8. The Bertz CT molecular complexity index is 451. The smallest absolute Gasteiger partial charge is 0.216 e. The van der Waals surface area contributed by atoms with Gasteiger partial charge in [-0.15, -0.1) is 0 Å². The Morgan fingerprint density at radius 2 is 2.10 bits per heavy atom. The third-order valence-electron chi connectivity index (χ3n) is 3.19. The minimum absolute atomic E-state index is 0.0418. The molecular weight excluding hydrogens is 259 g/mol. The molecule has 0 bridgehead atoms. The van der Waals surface area contributed by atoms with Crippen molar-refractivity contribution in [2.24, 2.45) is 0 Å². The maximum absolute atomic E-state index is 13.2. The number of nitrogens with one attached hydrogen (secondary N) is 2. The van der Waals surface area contributed by atoms with Crippen molar-refractivity contribution in [2.75, 3.05) is 13.1 Å². The largest absolute Gasteiger partial charge is 0.387 e. The summed E-state index contributed by atoms with van der Waals surface area (Å²) in [6.07, 6.45) is 0.106. The highest BCUT2D eigenvalue weighted by molar-refractivity contribution is 5.72. The first-order valence-corrected chi connectivity index (χ1v) is 6.83. The third-order valence-corrected chi connectivity index (χ3v) is 3.19. The van der Waals surface area contributed by atoms with Crippen LogP contribution in [0.25, 0.3) is 0 Å². The molecule has 0 aliphatic carbocycles. The van der Waals surface area contributed by atoms with Crippen LogP contribution in [0.4, 0.5) is 4.39 Å². The number of hydrogen-bond donors (Lipinski definition) is 3. The SMILES string of the molecule is CC(=O)NCCCNC(C)C(O)c1ccc(F)c(C)c1. The molecule has 1 rings (SSSR count). The zero-order valence-corrected chi connectivity index (χ0v) is 12.2. The van der Waals surface area contributed by atoms with Crippen LogP contribution in [0.1, 0.15) is 37.5 Å². The number of aryl methyl sites for hydroxylation is 1. The Morgan fingerprint density at radius 3 is 2.70 bits per heavy atom. The van der Waals surface area contributed by atoms with Crippen molar-refractivity contribution >= 4 is 5.91 Å². The molecule has 0 aliphatic rings. The minimum Gasteiger partial charge on any atom is -0.387 e. The van der Waals surface area contributed by atoms with Crippen molar-refractivity contribution in [1.29, 1.82) is 0 Å². The van der Waals surface area contributed by atoms with Gasteiger partial charge in [0.1, 0.15) is 5.82 Å². The van der Waals surface area contributed by atoms with Crippen molar-refractivity contribution in [2.45, 2.75) is 39.3 Å². The number of benzene rings is 1. The average Bonchev–Trinajstić information content (AvgIpc) is 2.40. The van der Waals surface area contributed by atoms with Crippen molar-refractivity contribution in [3.8, 4) is 0 Å². The van der Waals surface area contributed by atoms with Gasteiger partial charge < -0.3 is 15.7 Å². The second kappa shape index (κ2) is 7.97. The number of carbonyl (C=O) groups excluding carboxylic acids is 1. The molecule has 2 atom stereocenters.